The number of carbonyl (C=O) groups is 4. The molecule has 0 radical (unpaired) electrons. The Hall–Kier alpha value is -1.85. The lowest BCUT2D eigenvalue weighted by atomic mass is 10.1. The van der Waals surface area contributed by atoms with Gasteiger partial charge in [-0.2, -0.15) is 12.6 Å². The third-order valence-corrected chi connectivity index (χ3v) is 4.21. The first-order chi connectivity index (χ1) is 11.7. The molecule has 1 heterocycles. The fourth-order valence-electron chi connectivity index (χ4n) is 2.45. The molecule has 0 aliphatic carbocycles. The van der Waals surface area contributed by atoms with Crippen LogP contribution < -0.4 is 16.4 Å². The minimum absolute atomic E-state index is 0.0918. The first kappa shape index (κ1) is 21.2. The second-order valence-corrected chi connectivity index (χ2v) is 6.17. The van der Waals surface area contributed by atoms with Crippen LogP contribution in [0.15, 0.2) is 0 Å². The lowest BCUT2D eigenvalue weighted by molar-refractivity contribution is -0.144. The molecule has 10 nitrogen and oxygen atoms in total. The van der Waals surface area contributed by atoms with Crippen molar-refractivity contribution in [3.8, 4) is 0 Å². The Bertz CT molecular complexity index is 529. The van der Waals surface area contributed by atoms with Crippen molar-refractivity contribution in [2.24, 2.45) is 5.73 Å². The molecule has 1 aliphatic heterocycles. The zero-order valence-corrected chi connectivity index (χ0v) is 14.7. The smallest absolute Gasteiger partial charge is 0.327 e. The number of nitrogens with zero attached hydrogens (tertiary/aromatic N) is 1. The molecule has 4 atom stereocenters. The van der Waals surface area contributed by atoms with Crippen molar-refractivity contribution >= 4 is 36.3 Å². The number of aliphatic hydroxyl groups is 1. The highest BCUT2D eigenvalue weighted by Crippen LogP contribution is 2.19. The van der Waals surface area contributed by atoms with Gasteiger partial charge in [0.25, 0.3) is 0 Å². The highest BCUT2D eigenvalue weighted by molar-refractivity contribution is 7.80. The molecule has 6 N–H and O–H groups in total. The normalized spacial score (nSPS) is 20.5. The van der Waals surface area contributed by atoms with Crippen molar-refractivity contribution in [1.82, 2.24) is 15.5 Å². The van der Waals surface area contributed by atoms with Crippen LogP contribution in [0.1, 0.15) is 19.8 Å². The van der Waals surface area contributed by atoms with E-state index in [4.69, 9.17) is 10.8 Å². The maximum Gasteiger partial charge on any atom is 0.327 e. The van der Waals surface area contributed by atoms with Gasteiger partial charge in [-0.3, -0.25) is 14.4 Å². The predicted octanol–water partition coefficient (Wildman–Crippen LogP) is -2.70. The van der Waals surface area contributed by atoms with Crippen LogP contribution in [0, 0.1) is 0 Å². The van der Waals surface area contributed by atoms with Gasteiger partial charge >= 0.3 is 5.97 Å². The van der Waals surface area contributed by atoms with Gasteiger partial charge in [-0.25, -0.2) is 4.79 Å². The SMILES string of the molecule is CC(N)C(=O)NC(CO)C(=O)N1CCCC1C(=O)NC(CS)C(=O)O. The highest BCUT2D eigenvalue weighted by Gasteiger charge is 2.38. The third-order valence-electron chi connectivity index (χ3n) is 3.85. The highest BCUT2D eigenvalue weighted by atomic mass is 32.1. The Morgan fingerprint density at radius 1 is 1.28 bits per heavy atom. The molecule has 11 heteroatoms. The summed E-state index contributed by atoms with van der Waals surface area (Å²) in [5.41, 5.74) is 5.42. The second kappa shape index (κ2) is 9.59. The van der Waals surface area contributed by atoms with E-state index >= 15 is 0 Å². The summed E-state index contributed by atoms with van der Waals surface area (Å²) >= 11 is 3.87. The van der Waals surface area contributed by atoms with Crippen molar-refractivity contribution in [3.05, 3.63) is 0 Å². The maximum absolute atomic E-state index is 12.5. The number of nitrogens with one attached hydrogen (secondary N) is 2. The minimum Gasteiger partial charge on any atom is -0.480 e. The molecule has 0 aromatic heterocycles. The molecule has 4 unspecified atom stereocenters. The number of thiol groups is 1. The van der Waals surface area contributed by atoms with Crippen LogP contribution in [-0.4, -0.2) is 81.9 Å². The molecule has 1 rings (SSSR count). The topological polar surface area (TPSA) is 162 Å². The van der Waals surface area contributed by atoms with Crippen LogP contribution in [0.25, 0.3) is 0 Å². The van der Waals surface area contributed by atoms with Crippen LogP contribution in [0.4, 0.5) is 0 Å². The van der Waals surface area contributed by atoms with E-state index in [9.17, 15) is 24.3 Å². The molecule has 142 valence electrons. The van der Waals surface area contributed by atoms with Crippen molar-refractivity contribution < 1.29 is 29.4 Å². The minimum atomic E-state index is -1.23. The summed E-state index contributed by atoms with van der Waals surface area (Å²) in [4.78, 5) is 48.7. The molecule has 0 saturated carbocycles. The van der Waals surface area contributed by atoms with E-state index in [0.29, 0.717) is 12.8 Å². The van der Waals surface area contributed by atoms with Crippen LogP contribution in [0.3, 0.4) is 0 Å². The van der Waals surface area contributed by atoms with E-state index in [-0.39, 0.29) is 12.3 Å². The maximum atomic E-state index is 12.5. The molecular formula is C14H24N4O6S. The van der Waals surface area contributed by atoms with Gasteiger partial charge in [0.15, 0.2) is 0 Å². The number of rotatable bonds is 8. The molecule has 1 aliphatic rings. The van der Waals surface area contributed by atoms with Crippen LogP contribution in [0.2, 0.25) is 0 Å². The number of aliphatic hydroxyl groups excluding tert-OH is 1. The Morgan fingerprint density at radius 2 is 1.92 bits per heavy atom. The van der Waals surface area contributed by atoms with Crippen LogP contribution in [-0.2, 0) is 19.2 Å². The fourth-order valence-corrected chi connectivity index (χ4v) is 2.69. The lowest BCUT2D eigenvalue weighted by Crippen LogP contribution is -2.57. The average Bonchev–Trinajstić information content (AvgIpc) is 3.05. The zero-order valence-electron chi connectivity index (χ0n) is 13.8. The van der Waals surface area contributed by atoms with E-state index in [1.54, 1.807) is 0 Å². The van der Waals surface area contributed by atoms with Gasteiger partial charge in [0.2, 0.25) is 17.7 Å². The summed E-state index contributed by atoms with van der Waals surface area (Å²) in [6.07, 6.45) is 0.900. The van der Waals surface area contributed by atoms with Gasteiger partial charge in [-0.15, -0.1) is 0 Å². The Labute approximate surface area is 150 Å². The van der Waals surface area contributed by atoms with Crippen molar-refractivity contribution in [1.29, 1.82) is 0 Å². The molecule has 3 amide bonds. The zero-order chi connectivity index (χ0) is 19.1. The molecule has 25 heavy (non-hydrogen) atoms. The molecular weight excluding hydrogens is 352 g/mol. The number of carboxylic acid groups (broad SMARTS) is 1. The van der Waals surface area contributed by atoms with Gasteiger partial charge in [0, 0.05) is 12.3 Å². The second-order valence-electron chi connectivity index (χ2n) is 5.80. The lowest BCUT2D eigenvalue weighted by Gasteiger charge is -2.28. The number of likely N-dealkylation sites (tertiary alicyclic amines) is 1. The number of hydrogen-bond donors (Lipinski definition) is 6. The van der Waals surface area contributed by atoms with Crippen LogP contribution >= 0.6 is 12.6 Å². The number of aliphatic carboxylic acids is 1. The molecule has 1 saturated heterocycles. The standard InChI is InChI=1S/C14H24N4O6S/c1-7(15)11(20)16-8(5-19)13(22)18-4-2-3-10(18)12(21)17-9(6-25)14(23)24/h7-10,19,25H,2-6,15H2,1H3,(H,16,20)(H,17,21)(H,23,24). The van der Waals surface area contributed by atoms with E-state index < -0.39 is 54.5 Å². The number of carboxylic acids is 1. The summed E-state index contributed by atoms with van der Waals surface area (Å²) in [5, 5.41) is 23.0. The number of amides is 3. The molecule has 0 spiro atoms. The quantitative estimate of drug-likeness (QED) is 0.251. The van der Waals surface area contributed by atoms with Crippen molar-refractivity contribution in [3.63, 3.8) is 0 Å². The first-order valence-corrected chi connectivity index (χ1v) is 8.47. The largest absolute Gasteiger partial charge is 0.480 e. The van der Waals surface area contributed by atoms with Crippen molar-refractivity contribution in [2.45, 2.75) is 43.9 Å². The molecule has 0 aromatic rings. The Morgan fingerprint density at radius 3 is 2.40 bits per heavy atom. The van der Waals surface area contributed by atoms with Crippen molar-refractivity contribution in [2.75, 3.05) is 18.9 Å². The molecule has 0 bridgehead atoms. The van der Waals surface area contributed by atoms with E-state index in [0.717, 1.165) is 0 Å². The summed E-state index contributed by atoms with van der Waals surface area (Å²) in [7, 11) is 0. The van der Waals surface area contributed by atoms with Gasteiger partial charge < -0.3 is 31.5 Å². The molecule has 0 aromatic carbocycles. The van der Waals surface area contributed by atoms with E-state index in [1.165, 1.54) is 11.8 Å². The first-order valence-electron chi connectivity index (χ1n) is 7.84. The summed E-state index contributed by atoms with van der Waals surface area (Å²) in [6, 6.07) is -4.10. The van der Waals surface area contributed by atoms with E-state index in [2.05, 4.69) is 23.3 Å². The van der Waals surface area contributed by atoms with Gasteiger partial charge in [-0.1, -0.05) is 0 Å². The number of nitrogens with two attached hydrogens (primary N) is 1. The fraction of sp³-hybridized carbons (Fsp3) is 0.714. The Kier molecular flexibility index (Phi) is 8.13. The summed E-state index contributed by atoms with van der Waals surface area (Å²) in [5.74, 6) is -3.15. The van der Waals surface area contributed by atoms with Crippen LogP contribution in [0.5, 0.6) is 0 Å². The van der Waals surface area contributed by atoms with E-state index in [1.807, 2.05) is 0 Å². The molecule has 1 fully saturated rings. The summed E-state index contributed by atoms with van der Waals surface area (Å²) < 4.78 is 0. The third kappa shape index (κ3) is 5.58. The Balaban J connectivity index is 2.81. The van der Waals surface area contributed by atoms with Gasteiger partial charge in [0.1, 0.15) is 18.1 Å². The average molecular weight is 376 g/mol. The summed E-state index contributed by atoms with van der Waals surface area (Å²) in [6.45, 7) is 1.06. The number of carbonyl (C=O) groups excluding carboxylic acids is 3. The monoisotopic (exact) mass is 376 g/mol. The van der Waals surface area contributed by atoms with Gasteiger partial charge in [0.05, 0.1) is 12.6 Å². The number of hydrogen-bond acceptors (Lipinski definition) is 7. The predicted molar refractivity (Wildman–Crippen MR) is 90.8 cm³/mol. The van der Waals surface area contributed by atoms with Gasteiger partial charge in [-0.05, 0) is 19.8 Å².